The third-order valence-corrected chi connectivity index (χ3v) is 3.84. The lowest BCUT2D eigenvalue weighted by Crippen LogP contribution is -2.25. The SMILES string of the molecule is C.C[C@H]1Cn2c(c3ccccc3nc2=NC(=O)c2cccnc2)N1.Cl. The minimum Gasteiger partial charge on any atom is -0.367 e. The number of hydrogen-bond donors (Lipinski definition) is 1. The Balaban J connectivity index is 0.00000113. The van der Waals surface area contributed by atoms with Gasteiger partial charge in [-0.3, -0.25) is 14.3 Å². The van der Waals surface area contributed by atoms with Crippen LogP contribution in [0.4, 0.5) is 5.82 Å². The van der Waals surface area contributed by atoms with E-state index in [9.17, 15) is 4.79 Å². The Hall–Kier alpha value is -2.73. The number of fused-ring (bicyclic) bond motifs is 3. The highest BCUT2D eigenvalue weighted by Gasteiger charge is 2.20. The molecule has 7 heteroatoms. The number of aromatic nitrogens is 3. The standard InChI is InChI=1S/C17H15N5O.CH4.ClH/c1-11-10-22-15(19-11)13-6-2-3-7-14(13)20-17(22)21-16(23)12-5-4-8-18-9-12;;/h2-9,11,19H,10H2,1H3;1H4;1H/t11-;;/m0../s1. The molecule has 0 unspecified atom stereocenters. The van der Waals surface area contributed by atoms with E-state index in [1.54, 1.807) is 18.3 Å². The van der Waals surface area contributed by atoms with Gasteiger partial charge in [0.15, 0.2) is 0 Å². The average molecular weight is 358 g/mol. The zero-order valence-electron chi connectivity index (χ0n) is 13.0. The molecule has 0 saturated carbocycles. The van der Waals surface area contributed by atoms with Gasteiger partial charge in [-0.2, -0.15) is 4.99 Å². The molecule has 1 aromatic carbocycles. The lowest BCUT2D eigenvalue weighted by molar-refractivity contribution is 0.0996. The van der Waals surface area contributed by atoms with Gasteiger partial charge >= 0.3 is 0 Å². The number of benzene rings is 1. The van der Waals surface area contributed by atoms with Crippen molar-refractivity contribution in [2.24, 2.45) is 4.99 Å². The number of nitrogens with zero attached hydrogens (tertiary/aromatic N) is 4. The molecule has 4 rings (SSSR count). The number of hydrogen-bond acceptors (Lipinski definition) is 4. The number of pyridine rings is 1. The van der Waals surface area contributed by atoms with Crippen LogP contribution in [0, 0.1) is 0 Å². The molecule has 0 aliphatic carbocycles. The molecule has 0 radical (unpaired) electrons. The molecule has 2 aromatic heterocycles. The Morgan fingerprint density at radius 1 is 1.28 bits per heavy atom. The van der Waals surface area contributed by atoms with E-state index in [4.69, 9.17) is 0 Å². The van der Waals surface area contributed by atoms with Crippen LogP contribution in [-0.2, 0) is 6.54 Å². The van der Waals surface area contributed by atoms with Crippen molar-refractivity contribution >= 4 is 35.0 Å². The van der Waals surface area contributed by atoms with Crippen LogP contribution in [0.5, 0.6) is 0 Å². The van der Waals surface area contributed by atoms with E-state index >= 15 is 0 Å². The first-order valence-electron chi connectivity index (χ1n) is 7.47. The van der Waals surface area contributed by atoms with E-state index in [-0.39, 0.29) is 31.8 Å². The van der Waals surface area contributed by atoms with Crippen LogP contribution in [0.2, 0.25) is 0 Å². The molecule has 1 atom stereocenters. The molecule has 3 aromatic rings. The number of carbonyl (C=O) groups is 1. The van der Waals surface area contributed by atoms with Crippen LogP contribution in [0.1, 0.15) is 24.7 Å². The molecule has 0 spiro atoms. The largest absolute Gasteiger partial charge is 0.367 e. The van der Waals surface area contributed by atoms with Crippen LogP contribution in [0.25, 0.3) is 10.9 Å². The smallest absolute Gasteiger partial charge is 0.281 e. The molecule has 0 saturated heterocycles. The maximum atomic E-state index is 12.4. The molecular weight excluding hydrogens is 338 g/mol. The summed E-state index contributed by atoms with van der Waals surface area (Å²) in [6, 6.07) is 11.5. The second-order valence-electron chi connectivity index (χ2n) is 5.59. The predicted octanol–water partition coefficient (Wildman–Crippen LogP) is 3.04. The van der Waals surface area contributed by atoms with Crippen molar-refractivity contribution in [1.82, 2.24) is 14.5 Å². The monoisotopic (exact) mass is 357 g/mol. The number of rotatable bonds is 1. The zero-order chi connectivity index (χ0) is 15.8. The van der Waals surface area contributed by atoms with Crippen molar-refractivity contribution in [2.75, 3.05) is 5.32 Å². The van der Waals surface area contributed by atoms with Gasteiger partial charge in [-0.1, -0.05) is 19.6 Å². The van der Waals surface area contributed by atoms with Gasteiger partial charge in [-0.05, 0) is 31.2 Å². The quantitative estimate of drug-likeness (QED) is 0.726. The molecule has 130 valence electrons. The summed E-state index contributed by atoms with van der Waals surface area (Å²) in [5, 5.41) is 4.47. The zero-order valence-corrected chi connectivity index (χ0v) is 13.8. The second-order valence-corrected chi connectivity index (χ2v) is 5.59. The number of nitrogens with one attached hydrogen (secondary N) is 1. The summed E-state index contributed by atoms with van der Waals surface area (Å²) >= 11 is 0. The van der Waals surface area contributed by atoms with Crippen LogP contribution >= 0.6 is 12.4 Å². The summed E-state index contributed by atoms with van der Waals surface area (Å²) in [6.45, 7) is 2.82. The van der Waals surface area contributed by atoms with E-state index in [0.29, 0.717) is 11.2 Å². The number of amides is 1. The highest BCUT2D eigenvalue weighted by Crippen LogP contribution is 2.24. The highest BCUT2D eigenvalue weighted by molar-refractivity contribution is 5.95. The molecule has 1 aliphatic heterocycles. The maximum Gasteiger partial charge on any atom is 0.281 e. The fourth-order valence-electron chi connectivity index (χ4n) is 2.80. The molecule has 0 bridgehead atoms. The first kappa shape index (κ1) is 18.6. The fraction of sp³-hybridized carbons (Fsp3) is 0.222. The topological polar surface area (TPSA) is 72.2 Å². The summed E-state index contributed by atoms with van der Waals surface area (Å²) in [4.78, 5) is 25.1. The third-order valence-electron chi connectivity index (χ3n) is 3.84. The summed E-state index contributed by atoms with van der Waals surface area (Å²) < 4.78 is 1.96. The van der Waals surface area contributed by atoms with Crippen LogP contribution < -0.4 is 10.9 Å². The second kappa shape index (κ2) is 7.44. The number of carbonyl (C=O) groups excluding carboxylic acids is 1. The molecule has 25 heavy (non-hydrogen) atoms. The minimum absolute atomic E-state index is 0. The third kappa shape index (κ3) is 3.39. The van der Waals surface area contributed by atoms with Crippen LogP contribution in [-0.4, -0.2) is 26.5 Å². The van der Waals surface area contributed by atoms with Gasteiger partial charge in [0.1, 0.15) is 5.82 Å². The van der Waals surface area contributed by atoms with Crippen LogP contribution in [0.15, 0.2) is 53.8 Å². The van der Waals surface area contributed by atoms with Crippen molar-refractivity contribution in [3.63, 3.8) is 0 Å². The Labute approximate surface area is 152 Å². The van der Waals surface area contributed by atoms with Gasteiger partial charge in [-0.25, -0.2) is 4.98 Å². The van der Waals surface area contributed by atoms with E-state index in [2.05, 4.69) is 27.2 Å². The normalized spacial score (nSPS) is 15.7. The molecular formula is C18H20ClN5O. The Kier molecular flexibility index (Phi) is 5.54. The first-order chi connectivity index (χ1) is 11.2. The maximum absolute atomic E-state index is 12.4. The molecule has 3 heterocycles. The fourth-order valence-corrected chi connectivity index (χ4v) is 2.80. The summed E-state index contributed by atoms with van der Waals surface area (Å²) in [5.41, 5.74) is 1.69. The van der Waals surface area contributed by atoms with Crippen molar-refractivity contribution in [1.29, 1.82) is 0 Å². The van der Waals surface area contributed by atoms with Gasteiger partial charge in [0, 0.05) is 30.4 Å². The molecule has 6 nitrogen and oxygen atoms in total. The van der Waals surface area contributed by atoms with Gasteiger partial charge in [0.2, 0.25) is 5.62 Å². The Bertz CT molecular complexity index is 968. The summed E-state index contributed by atoms with van der Waals surface area (Å²) in [6.07, 6.45) is 3.14. The number of para-hydroxylation sites is 1. The van der Waals surface area contributed by atoms with Crippen molar-refractivity contribution in [2.45, 2.75) is 26.9 Å². The average Bonchev–Trinajstić information content (AvgIpc) is 2.98. The molecule has 1 amide bonds. The summed E-state index contributed by atoms with van der Waals surface area (Å²) in [5.74, 6) is 0.621. The molecule has 1 N–H and O–H groups in total. The summed E-state index contributed by atoms with van der Waals surface area (Å²) in [7, 11) is 0. The molecule has 1 aliphatic rings. The van der Waals surface area contributed by atoms with E-state index in [1.807, 2.05) is 28.8 Å². The van der Waals surface area contributed by atoms with E-state index in [1.165, 1.54) is 6.20 Å². The van der Waals surface area contributed by atoms with Gasteiger partial charge in [0.25, 0.3) is 5.91 Å². The van der Waals surface area contributed by atoms with Gasteiger partial charge < -0.3 is 5.32 Å². The lowest BCUT2D eigenvalue weighted by Gasteiger charge is -2.07. The predicted molar refractivity (Wildman–Crippen MR) is 101 cm³/mol. The van der Waals surface area contributed by atoms with Crippen molar-refractivity contribution in [3.05, 3.63) is 60.0 Å². The minimum atomic E-state index is -0.338. The lowest BCUT2D eigenvalue weighted by atomic mass is 10.2. The highest BCUT2D eigenvalue weighted by atomic mass is 35.5. The van der Waals surface area contributed by atoms with Crippen molar-refractivity contribution in [3.8, 4) is 0 Å². The Morgan fingerprint density at radius 3 is 2.84 bits per heavy atom. The van der Waals surface area contributed by atoms with Gasteiger partial charge in [0.05, 0.1) is 11.1 Å². The number of halogens is 1. The van der Waals surface area contributed by atoms with E-state index < -0.39 is 0 Å². The van der Waals surface area contributed by atoms with E-state index in [0.717, 1.165) is 23.3 Å². The number of anilines is 1. The first-order valence-corrected chi connectivity index (χ1v) is 7.47. The van der Waals surface area contributed by atoms with Crippen molar-refractivity contribution < 1.29 is 4.79 Å². The van der Waals surface area contributed by atoms with Crippen LogP contribution in [0.3, 0.4) is 0 Å². The Morgan fingerprint density at radius 2 is 2.08 bits per heavy atom. The van der Waals surface area contributed by atoms with Gasteiger partial charge in [-0.15, -0.1) is 12.4 Å². The molecule has 0 fully saturated rings.